The SMILES string of the molecule is CN=C(NCc1ccc(CN2CCC(O)CC2)cc1)NC1CC(C)(C)Oc2ccccc21. The number of aliphatic imine (C=N–C) groups is 1. The topological polar surface area (TPSA) is 69.1 Å². The number of para-hydroxylation sites is 1. The van der Waals surface area contributed by atoms with Gasteiger partial charge in [0.15, 0.2) is 5.96 Å². The van der Waals surface area contributed by atoms with Crippen LogP contribution < -0.4 is 15.4 Å². The second-order valence-corrected chi connectivity index (χ2v) is 9.55. The third-order valence-electron chi connectivity index (χ3n) is 6.36. The monoisotopic (exact) mass is 436 g/mol. The van der Waals surface area contributed by atoms with Crippen molar-refractivity contribution in [1.82, 2.24) is 15.5 Å². The molecule has 0 saturated carbocycles. The number of likely N-dealkylation sites (tertiary alicyclic amines) is 1. The predicted molar refractivity (Wildman–Crippen MR) is 129 cm³/mol. The highest BCUT2D eigenvalue weighted by atomic mass is 16.5. The zero-order valence-corrected chi connectivity index (χ0v) is 19.5. The summed E-state index contributed by atoms with van der Waals surface area (Å²) in [5.74, 6) is 1.73. The minimum atomic E-state index is -0.229. The molecule has 6 nitrogen and oxygen atoms in total. The number of aliphatic hydroxyl groups excluding tert-OH is 1. The molecule has 1 fully saturated rings. The minimum absolute atomic E-state index is 0.122. The lowest BCUT2D eigenvalue weighted by molar-refractivity contribution is 0.0694. The van der Waals surface area contributed by atoms with Crippen molar-refractivity contribution in [3.05, 3.63) is 65.2 Å². The van der Waals surface area contributed by atoms with E-state index in [0.29, 0.717) is 6.54 Å². The van der Waals surface area contributed by atoms with E-state index in [-0.39, 0.29) is 17.7 Å². The number of ether oxygens (including phenoxy) is 1. The second kappa shape index (κ2) is 9.92. The molecule has 0 radical (unpaired) electrons. The molecule has 1 unspecified atom stereocenters. The van der Waals surface area contributed by atoms with Crippen LogP contribution in [0.5, 0.6) is 5.75 Å². The number of hydrogen-bond donors (Lipinski definition) is 3. The molecule has 2 aliphatic heterocycles. The summed E-state index contributed by atoms with van der Waals surface area (Å²) in [5.41, 5.74) is 3.48. The highest BCUT2D eigenvalue weighted by Crippen LogP contribution is 2.39. The first-order valence-corrected chi connectivity index (χ1v) is 11.7. The van der Waals surface area contributed by atoms with Crippen molar-refractivity contribution >= 4 is 5.96 Å². The smallest absolute Gasteiger partial charge is 0.191 e. The first-order valence-electron chi connectivity index (χ1n) is 11.7. The van der Waals surface area contributed by atoms with Crippen LogP contribution in [0.3, 0.4) is 0 Å². The van der Waals surface area contributed by atoms with E-state index in [0.717, 1.165) is 50.6 Å². The van der Waals surface area contributed by atoms with Gasteiger partial charge in [0.1, 0.15) is 11.4 Å². The van der Waals surface area contributed by atoms with Crippen molar-refractivity contribution in [3.63, 3.8) is 0 Å². The van der Waals surface area contributed by atoms with E-state index in [2.05, 4.69) is 70.8 Å². The van der Waals surface area contributed by atoms with E-state index >= 15 is 0 Å². The van der Waals surface area contributed by atoms with E-state index in [4.69, 9.17) is 4.74 Å². The van der Waals surface area contributed by atoms with Crippen LogP contribution in [0.1, 0.15) is 55.8 Å². The van der Waals surface area contributed by atoms with Gasteiger partial charge < -0.3 is 20.5 Å². The maximum atomic E-state index is 9.68. The summed E-state index contributed by atoms with van der Waals surface area (Å²) >= 11 is 0. The lowest BCUT2D eigenvalue weighted by Crippen LogP contribution is -2.45. The predicted octanol–water partition coefficient (Wildman–Crippen LogP) is 3.61. The molecular weight excluding hydrogens is 400 g/mol. The number of nitrogens with zero attached hydrogens (tertiary/aromatic N) is 2. The van der Waals surface area contributed by atoms with Crippen molar-refractivity contribution in [1.29, 1.82) is 0 Å². The number of hydrogen-bond acceptors (Lipinski definition) is 4. The molecule has 2 aliphatic rings. The zero-order chi connectivity index (χ0) is 22.6. The normalized spacial score (nSPS) is 21.5. The number of fused-ring (bicyclic) bond motifs is 1. The Kier molecular flexibility index (Phi) is 7.01. The van der Waals surface area contributed by atoms with Crippen molar-refractivity contribution in [3.8, 4) is 5.75 Å². The lowest BCUT2D eigenvalue weighted by atomic mass is 9.90. The van der Waals surface area contributed by atoms with E-state index in [1.54, 1.807) is 0 Å². The summed E-state index contributed by atoms with van der Waals surface area (Å²) in [6.07, 6.45) is 2.50. The second-order valence-electron chi connectivity index (χ2n) is 9.55. The van der Waals surface area contributed by atoms with Gasteiger partial charge in [0.25, 0.3) is 0 Å². The first kappa shape index (κ1) is 22.6. The highest BCUT2D eigenvalue weighted by Gasteiger charge is 2.33. The Labute approximate surface area is 191 Å². The molecule has 0 bridgehead atoms. The first-order chi connectivity index (χ1) is 15.4. The molecule has 0 aliphatic carbocycles. The van der Waals surface area contributed by atoms with Crippen molar-refractivity contribution < 1.29 is 9.84 Å². The molecule has 2 heterocycles. The minimum Gasteiger partial charge on any atom is -0.487 e. The Morgan fingerprint density at radius 3 is 2.50 bits per heavy atom. The summed E-state index contributed by atoms with van der Waals surface area (Å²) in [7, 11) is 1.81. The maximum absolute atomic E-state index is 9.68. The summed E-state index contributed by atoms with van der Waals surface area (Å²) in [6.45, 7) is 7.85. The molecule has 0 spiro atoms. The van der Waals surface area contributed by atoms with Gasteiger partial charge in [-0.2, -0.15) is 0 Å². The van der Waals surface area contributed by atoms with Crippen LogP contribution in [-0.4, -0.2) is 47.8 Å². The maximum Gasteiger partial charge on any atom is 0.191 e. The van der Waals surface area contributed by atoms with Crippen LogP contribution in [0.15, 0.2) is 53.5 Å². The Morgan fingerprint density at radius 1 is 1.09 bits per heavy atom. The van der Waals surface area contributed by atoms with E-state index in [9.17, 15) is 5.11 Å². The summed E-state index contributed by atoms with van der Waals surface area (Å²) in [4.78, 5) is 6.86. The number of aliphatic hydroxyl groups is 1. The van der Waals surface area contributed by atoms with Gasteiger partial charge in [-0.25, -0.2) is 0 Å². The van der Waals surface area contributed by atoms with Gasteiger partial charge in [0.2, 0.25) is 0 Å². The van der Waals surface area contributed by atoms with Gasteiger partial charge in [-0.15, -0.1) is 0 Å². The number of benzene rings is 2. The lowest BCUT2D eigenvalue weighted by Gasteiger charge is -2.38. The van der Waals surface area contributed by atoms with Crippen LogP contribution in [0.25, 0.3) is 0 Å². The third-order valence-corrected chi connectivity index (χ3v) is 6.36. The molecule has 0 amide bonds. The Bertz CT molecular complexity index is 918. The molecule has 3 N–H and O–H groups in total. The van der Waals surface area contributed by atoms with Crippen LogP contribution >= 0.6 is 0 Å². The number of guanidine groups is 1. The van der Waals surface area contributed by atoms with Crippen molar-refractivity contribution in [2.24, 2.45) is 4.99 Å². The van der Waals surface area contributed by atoms with Crippen LogP contribution in [0.2, 0.25) is 0 Å². The molecule has 6 heteroatoms. The average Bonchev–Trinajstić information content (AvgIpc) is 2.78. The zero-order valence-electron chi connectivity index (χ0n) is 19.5. The van der Waals surface area contributed by atoms with Crippen molar-refractivity contribution in [2.75, 3.05) is 20.1 Å². The molecule has 2 aromatic rings. The van der Waals surface area contributed by atoms with Gasteiger partial charge >= 0.3 is 0 Å². The molecule has 32 heavy (non-hydrogen) atoms. The molecule has 0 aromatic heterocycles. The summed E-state index contributed by atoms with van der Waals surface area (Å²) in [5, 5.41) is 16.7. The van der Waals surface area contributed by atoms with E-state index in [1.807, 2.05) is 19.2 Å². The van der Waals surface area contributed by atoms with Gasteiger partial charge in [-0.1, -0.05) is 42.5 Å². The molecule has 1 saturated heterocycles. The molecule has 1 atom stereocenters. The highest BCUT2D eigenvalue weighted by molar-refractivity contribution is 5.80. The quantitative estimate of drug-likeness (QED) is 0.494. The van der Waals surface area contributed by atoms with Crippen molar-refractivity contribution in [2.45, 2.75) is 63.9 Å². The van der Waals surface area contributed by atoms with Gasteiger partial charge in [-0.05, 0) is 43.9 Å². The van der Waals surface area contributed by atoms with Crippen LogP contribution in [-0.2, 0) is 13.1 Å². The number of piperidine rings is 1. The molecule has 2 aromatic carbocycles. The van der Waals surface area contributed by atoms with Crippen LogP contribution in [0.4, 0.5) is 0 Å². The Hall–Kier alpha value is -2.57. The molecule has 172 valence electrons. The van der Waals surface area contributed by atoms with E-state index in [1.165, 1.54) is 16.7 Å². The average molecular weight is 437 g/mol. The van der Waals surface area contributed by atoms with Gasteiger partial charge in [-0.3, -0.25) is 9.89 Å². The summed E-state index contributed by atoms with van der Waals surface area (Å²) in [6, 6.07) is 17.1. The Morgan fingerprint density at radius 2 is 1.78 bits per heavy atom. The summed E-state index contributed by atoms with van der Waals surface area (Å²) < 4.78 is 6.15. The van der Waals surface area contributed by atoms with E-state index < -0.39 is 0 Å². The molecule has 4 rings (SSSR count). The largest absolute Gasteiger partial charge is 0.487 e. The van der Waals surface area contributed by atoms with Crippen LogP contribution in [0, 0.1) is 0 Å². The fourth-order valence-electron chi connectivity index (χ4n) is 4.57. The Balaban J connectivity index is 1.32. The third kappa shape index (κ3) is 5.81. The fourth-order valence-corrected chi connectivity index (χ4v) is 4.57. The fraction of sp³-hybridized carbons (Fsp3) is 0.500. The van der Waals surface area contributed by atoms with Gasteiger partial charge in [0, 0.05) is 45.2 Å². The number of nitrogens with one attached hydrogen (secondary N) is 2. The number of rotatable bonds is 5. The van der Waals surface area contributed by atoms with Gasteiger partial charge in [0.05, 0.1) is 12.1 Å². The molecular formula is C26H36N4O2. The standard InChI is InChI=1S/C26H36N4O2/c1-26(2)16-23(22-6-4-5-7-24(22)32-26)29-25(27-3)28-17-19-8-10-20(11-9-19)18-30-14-12-21(31)13-15-30/h4-11,21,23,31H,12-18H2,1-3H3,(H2,27,28,29).